The highest BCUT2D eigenvalue weighted by atomic mass is 127. The van der Waals surface area contributed by atoms with E-state index >= 15 is 0 Å². The molecule has 0 bridgehead atoms. The summed E-state index contributed by atoms with van der Waals surface area (Å²) in [6, 6.07) is 5.89. The molecule has 0 aliphatic heterocycles. The van der Waals surface area contributed by atoms with Gasteiger partial charge in [-0.05, 0) is 79.2 Å². The molecule has 0 aromatic heterocycles. The molecular formula is C21H28F3IN4O3S. The second kappa shape index (κ2) is 12.7. The molecule has 1 atom stereocenters. The lowest BCUT2D eigenvalue weighted by Crippen LogP contribution is -2.39. The Labute approximate surface area is 206 Å². The predicted molar refractivity (Wildman–Crippen MR) is 132 cm³/mol. The molecule has 0 aliphatic rings. The Morgan fingerprint density at radius 3 is 2.42 bits per heavy atom. The average Bonchev–Trinajstić information content (AvgIpc) is 2.76. The van der Waals surface area contributed by atoms with Gasteiger partial charge >= 0.3 is 10.2 Å². The first kappa shape index (κ1) is 27.6. The number of rotatable bonds is 13. The lowest BCUT2D eigenvalue weighted by Gasteiger charge is -2.24. The second-order valence-corrected chi connectivity index (χ2v) is 10.3. The van der Waals surface area contributed by atoms with Crippen molar-refractivity contribution in [3.05, 3.63) is 51.4 Å². The van der Waals surface area contributed by atoms with Crippen molar-refractivity contribution < 1.29 is 26.7 Å². The summed E-state index contributed by atoms with van der Waals surface area (Å²) in [4.78, 5) is 0. The molecule has 2 aromatic rings. The first-order chi connectivity index (χ1) is 15.6. The summed E-state index contributed by atoms with van der Waals surface area (Å²) in [6.07, 6.45) is 1.01. The molecule has 0 saturated heterocycles. The highest BCUT2D eigenvalue weighted by molar-refractivity contribution is 14.1. The molecule has 2 rings (SSSR count). The van der Waals surface area contributed by atoms with E-state index in [1.807, 2.05) is 29.5 Å². The van der Waals surface area contributed by atoms with Crippen LogP contribution >= 0.6 is 22.6 Å². The number of hydrogen-bond acceptors (Lipinski definition) is 5. The quantitative estimate of drug-likeness (QED) is 0.205. The monoisotopic (exact) mass is 600 g/mol. The highest BCUT2D eigenvalue weighted by Gasteiger charge is 2.24. The smallest absolute Gasteiger partial charge is 0.301 e. The lowest BCUT2D eigenvalue weighted by molar-refractivity contribution is 0.250. The highest BCUT2D eigenvalue weighted by Crippen LogP contribution is 2.32. The molecule has 0 spiro atoms. The fourth-order valence-electron chi connectivity index (χ4n) is 2.96. The third kappa shape index (κ3) is 7.98. The number of anilines is 3. The van der Waals surface area contributed by atoms with Crippen LogP contribution in [0.5, 0.6) is 0 Å². The van der Waals surface area contributed by atoms with Crippen molar-refractivity contribution in [1.29, 1.82) is 0 Å². The fourth-order valence-corrected chi connectivity index (χ4v) is 4.78. The zero-order chi connectivity index (χ0) is 24.6. The molecular weight excluding hydrogens is 572 g/mol. The molecule has 0 amide bonds. The van der Waals surface area contributed by atoms with Crippen molar-refractivity contribution in [3.63, 3.8) is 0 Å². The van der Waals surface area contributed by atoms with E-state index in [1.54, 1.807) is 13.0 Å². The Balaban J connectivity index is 2.26. The first-order valence-electron chi connectivity index (χ1n) is 10.4. The van der Waals surface area contributed by atoms with Crippen molar-refractivity contribution in [3.8, 4) is 0 Å². The van der Waals surface area contributed by atoms with Crippen molar-refractivity contribution in [2.45, 2.75) is 32.7 Å². The van der Waals surface area contributed by atoms with Gasteiger partial charge in [-0.1, -0.05) is 6.92 Å². The molecule has 0 radical (unpaired) electrons. The third-order valence-corrected chi connectivity index (χ3v) is 6.88. The van der Waals surface area contributed by atoms with E-state index in [-0.39, 0.29) is 37.1 Å². The summed E-state index contributed by atoms with van der Waals surface area (Å²) < 4.78 is 72.9. The number of halogens is 4. The van der Waals surface area contributed by atoms with Gasteiger partial charge in [-0.25, -0.2) is 13.2 Å². The molecule has 7 nitrogen and oxygen atoms in total. The van der Waals surface area contributed by atoms with Crippen molar-refractivity contribution >= 4 is 49.9 Å². The molecule has 0 aliphatic carbocycles. The maximum atomic E-state index is 14.6. The van der Waals surface area contributed by atoms with E-state index < -0.39 is 33.3 Å². The van der Waals surface area contributed by atoms with Crippen LogP contribution in [0.25, 0.3) is 0 Å². The number of hydrogen-bond donors (Lipinski definition) is 4. The minimum absolute atomic E-state index is 0.0361. The zero-order valence-electron chi connectivity index (χ0n) is 18.3. The van der Waals surface area contributed by atoms with E-state index in [9.17, 15) is 21.6 Å². The van der Waals surface area contributed by atoms with Crippen LogP contribution in [0.1, 0.15) is 26.7 Å². The van der Waals surface area contributed by atoms with Crippen LogP contribution in [0.3, 0.4) is 0 Å². The summed E-state index contributed by atoms with van der Waals surface area (Å²) in [7, 11) is -4.12. The molecule has 0 heterocycles. The number of aliphatic hydroxyl groups excluding tert-OH is 1. The largest absolute Gasteiger partial charge is 0.395 e. The Kier molecular flexibility index (Phi) is 10.7. The van der Waals surface area contributed by atoms with Gasteiger partial charge in [0.15, 0.2) is 11.6 Å². The van der Waals surface area contributed by atoms with Gasteiger partial charge < -0.3 is 15.7 Å². The topological polar surface area (TPSA) is 93.7 Å². The number of nitrogens with zero attached hydrogens (tertiary/aromatic N) is 1. The van der Waals surface area contributed by atoms with Gasteiger partial charge in [0.25, 0.3) is 0 Å². The molecule has 33 heavy (non-hydrogen) atoms. The summed E-state index contributed by atoms with van der Waals surface area (Å²) in [5.74, 6) is -3.24. The maximum absolute atomic E-state index is 14.6. The summed E-state index contributed by atoms with van der Waals surface area (Å²) in [6.45, 7) is 4.46. The van der Waals surface area contributed by atoms with E-state index in [0.29, 0.717) is 23.0 Å². The van der Waals surface area contributed by atoms with Gasteiger partial charge in [0.05, 0.1) is 18.0 Å². The third-order valence-electron chi connectivity index (χ3n) is 4.69. The summed E-state index contributed by atoms with van der Waals surface area (Å²) in [5.41, 5.74) is -0.900. The molecule has 12 heteroatoms. The lowest BCUT2D eigenvalue weighted by atomic mass is 10.2. The van der Waals surface area contributed by atoms with Crippen LogP contribution < -0.4 is 15.4 Å². The fraction of sp³-hybridized carbons (Fsp3) is 0.429. The van der Waals surface area contributed by atoms with E-state index in [2.05, 4.69) is 15.4 Å². The van der Waals surface area contributed by atoms with Gasteiger partial charge in [-0.2, -0.15) is 12.7 Å². The minimum atomic E-state index is -4.12. The molecule has 4 N–H and O–H groups in total. The molecule has 184 valence electrons. The van der Waals surface area contributed by atoms with Crippen LogP contribution in [0.4, 0.5) is 30.2 Å². The summed E-state index contributed by atoms with van der Waals surface area (Å²) in [5, 5.41) is 14.6. The van der Waals surface area contributed by atoms with E-state index in [4.69, 9.17) is 5.11 Å². The minimum Gasteiger partial charge on any atom is -0.395 e. The van der Waals surface area contributed by atoms with Gasteiger partial charge in [0, 0.05) is 22.7 Å². The molecule has 0 fully saturated rings. The molecule has 0 saturated carbocycles. The average molecular weight is 600 g/mol. The van der Waals surface area contributed by atoms with Gasteiger partial charge in [0.2, 0.25) is 0 Å². The predicted octanol–water partition coefficient (Wildman–Crippen LogP) is 4.18. The zero-order valence-corrected chi connectivity index (χ0v) is 21.3. The SMILES string of the molecule is CCCN(CCCNC(C)CO)S(=O)(=O)Nc1ccc(F)c(F)c1Nc1ccc(I)cc1F. The maximum Gasteiger partial charge on any atom is 0.301 e. The normalized spacial score (nSPS) is 12.7. The summed E-state index contributed by atoms with van der Waals surface area (Å²) >= 11 is 1.91. The number of nitrogens with one attached hydrogen (secondary N) is 3. The van der Waals surface area contributed by atoms with Crippen LogP contribution in [-0.2, 0) is 10.2 Å². The van der Waals surface area contributed by atoms with Gasteiger partial charge in [0.1, 0.15) is 11.5 Å². The van der Waals surface area contributed by atoms with Crippen LogP contribution in [-0.4, -0.2) is 50.1 Å². The van der Waals surface area contributed by atoms with Crippen molar-refractivity contribution in [2.24, 2.45) is 0 Å². The Hall–Kier alpha value is -1.61. The van der Waals surface area contributed by atoms with Crippen molar-refractivity contribution in [2.75, 3.05) is 36.3 Å². The Morgan fingerprint density at radius 2 is 1.79 bits per heavy atom. The van der Waals surface area contributed by atoms with Crippen molar-refractivity contribution in [1.82, 2.24) is 9.62 Å². The van der Waals surface area contributed by atoms with Crippen LogP contribution in [0.15, 0.2) is 30.3 Å². The van der Waals surface area contributed by atoms with Crippen LogP contribution in [0, 0.1) is 21.0 Å². The number of benzene rings is 2. The standard InChI is InChI=1S/C21H28F3IN4O3S/c1-3-10-29(11-4-9-26-14(2)13-30)33(31,32)28-19-8-6-16(22)20(24)21(19)27-18-7-5-15(25)12-17(18)23/h5-8,12,14,26-28,30H,3-4,9-11,13H2,1-2H3. The Morgan fingerprint density at radius 1 is 1.09 bits per heavy atom. The van der Waals surface area contributed by atoms with Gasteiger partial charge in [-0.3, -0.25) is 4.72 Å². The molecule has 1 unspecified atom stereocenters. The first-order valence-corrected chi connectivity index (χ1v) is 12.9. The van der Waals surface area contributed by atoms with Gasteiger partial charge in [-0.15, -0.1) is 0 Å². The number of aliphatic hydroxyl groups is 1. The second-order valence-electron chi connectivity index (χ2n) is 7.43. The van der Waals surface area contributed by atoms with E-state index in [1.165, 1.54) is 16.4 Å². The van der Waals surface area contributed by atoms with Crippen LogP contribution in [0.2, 0.25) is 0 Å². The van der Waals surface area contributed by atoms with E-state index in [0.717, 1.165) is 12.1 Å². The molecule has 2 aromatic carbocycles. The Bertz CT molecular complexity index is 1040.